The number of carbonyl (C=O) groups excluding carboxylic acids is 1. The van der Waals surface area contributed by atoms with Crippen molar-refractivity contribution in [2.45, 2.75) is 19.8 Å². The third-order valence-electron chi connectivity index (χ3n) is 3.33. The fraction of sp³-hybridized carbons (Fsp3) is 0.429. The molecule has 1 aromatic carbocycles. The monoisotopic (exact) mass is 243 g/mol. The average Bonchev–Trinajstić information content (AvgIpc) is 2.42. The number of nitriles is 1. The largest absolute Gasteiger partial charge is 0.326 e. The number of piperidine rings is 1. The SMILES string of the molecule is Cc1ccc(C#N)cc1NC(=O)C1CCNCC1. The minimum atomic E-state index is 0.0645. The molecule has 1 aliphatic rings. The molecular weight excluding hydrogens is 226 g/mol. The summed E-state index contributed by atoms with van der Waals surface area (Å²) in [6, 6.07) is 7.43. The van der Waals surface area contributed by atoms with E-state index in [9.17, 15) is 4.79 Å². The first kappa shape index (κ1) is 12.6. The van der Waals surface area contributed by atoms with Crippen molar-refractivity contribution in [1.82, 2.24) is 5.32 Å². The number of hydrogen-bond acceptors (Lipinski definition) is 3. The first-order valence-corrected chi connectivity index (χ1v) is 6.23. The van der Waals surface area contributed by atoms with E-state index in [1.165, 1.54) is 0 Å². The van der Waals surface area contributed by atoms with Crippen molar-refractivity contribution >= 4 is 11.6 Å². The Kier molecular flexibility index (Phi) is 3.96. The average molecular weight is 243 g/mol. The van der Waals surface area contributed by atoms with Crippen LogP contribution in [0.4, 0.5) is 5.69 Å². The third kappa shape index (κ3) is 2.88. The Labute approximate surface area is 107 Å². The number of aryl methyl sites for hydroxylation is 1. The Morgan fingerprint density at radius 2 is 2.17 bits per heavy atom. The summed E-state index contributed by atoms with van der Waals surface area (Å²) in [4.78, 5) is 12.1. The van der Waals surface area contributed by atoms with E-state index >= 15 is 0 Å². The molecule has 0 radical (unpaired) electrons. The predicted molar refractivity (Wildman–Crippen MR) is 70.1 cm³/mol. The molecule has 18 heavy (non-hydrogen) atoms. The maximum absolute atomic E-state index is 12.1. The first-order chi connectivity index (χ1) is 8.70. The molecule has 4 nitrogen and oxygen atoms in total. The zero-order valence-electron chi connectivity index (χ0n) is 10.5. The van der Waals surface area contributed by atoms with Crippen LogP contribution >= 0.6 is 0 Å². The molecule has 0 aromatic heterocycles. The molecular formula is C14H17N3O. The first-order valence-electron chi connectivity index (χ1n) is 6.23. The van der Waals surface area contributed by atoms with Gasteiger partial charge in [0.05, 0.1) is 11.6 Å². The Balaban J connectivity index is 2.08. The summed E-state index contributed by atoms with van der Waals surface area (Å²) in [5, 5.41) is 15.0. The van der Waals surface area contributed by atoms with E-state index in [4.69, 9.17) is 5.26 Å². The van der Waals surface area contributed by atoms with Crippen molar-refractivity contribution in [1.29, 1.82) is 5.26 Å². The molecule has 0 unspecified atom stereocenters. The lowest BCUT2D eigenvalue weighted by atomic mass is 9.97. The summed E-state index contributed by atoms with van der Waals surface area (Å²) in [7, 11) is 0. The summed E-state index contributed by atoms with van der Waals surface area (Å²) in [6.45, 7) is 3.73. The number of nitrogens with one attached hydrogen (secondary N) is 2. The van der Waals surface area contributed by atoms with Crippen molar-refractivity contribution in [2.24, 2.45) is 5.92 Å². The van der Waals surface area contributed by atoms with Gasteiger partial charge in [0.25, 0.3) is 0 Å². The van der Waals surface area contributed by atoms with Gasteiger partial charge in [0.15, 0.2) is 0 Å². The number of anilines is 1. The van der Waals surface area contributed by atoms with Crippen LogP contribution in [0.25, 0.3) is 0 Å². The van der Waals surface area contributed by atoms with E-state index in [1.54, 1.807) is 12.1 Å². The van der Waals surface area contributed by atoms with Gasteiger partial charge in [-0.05, 0) is 50.6 Å². The molecule has 2 N–H and O–H groups in total. The highest BCUT2D eigenvalue weighted by Crippen LogP contribution is 2.19. The van der Waals surface area contributed by atoms with Gasteiger partial charge in [0.2, 0.25) is 5.91 Å². The highest BCUT2D eigenvalue weighted by atomic mass is 16.1. The van der Waals surface area contributed by atoms with Crippen LogP contribution in [0.1, 0.15) is 24.0 Å². The molecule has 1 amide bonds. The molecule has 2 rings (SSSR count). The fourth-order valence-corrected chi connectivity index (χ4v) is 2.15. The molecule has 1 aromatic rings. The normalized spacial score (nSPS) is 16.0. The fourth-order valence-electron chi connectivity index (χ4n) is 2.15. The summed E-state index contributed by atoms with van der Waals surface area (Å²) < 4.78 is 0. The molecule has 94 valence electrons. The van der Waals surface area contributed by atoms with Gasteiger partial charge >= 0.3 is 0 Å². The van der Waals surface area contributed by atoms with Crippen molar-refractivity contribution in [3.63, 3.8) is 0 Å². The third-order valence-corrected chi connectivity index (χ3v) is 3.33. The van der Waals surface area contributed by atoms with Crippen LogP contribution in [-0.4, -0.2) is 19.0 Å². The lowest BCUT2D eigenvalue weighted by molar-refractivity contribution is -0.120. The van der Waals surface area contributed by atoms with Crippen LogP contribution in [-0.2, 0) is 4.79 Å². The highest BCUT2D eigenvalue weighted by Gasteiger charge is 2.21. The number of hydrogen-bond donors (Lipinski definition) is 2. The maximum atomic E-state index is 12.1. The maximum Gasteiger partial charge on any atom is 0.227 e. The number of nitrogens with zero attached hydrogens (tertiary/aromatic N) is 1. The summed E-state index contributed by atoms with van der Waals surface area (Å²) in [5.74, 6) is 0.145. The number of carbonyl (C=O) groups is 1. The second-order valence-electron chi connectivity index (χ2n) is 4.66. The van der Waals surface area contributed by atoms with Crippen LogP contribution in [0.5, 0.6) is 0 Å². The molecule has 0 atom stereocenters. The van der Waals surface area contributed by atoms with Gasteiger partial charge in [0.1, 0.15) is 0 Å². The molecule has 0 aliphatic carbocycles. The smallest absolute Gasteiger partial charge is 0.227 e. The lowest BCUT2D eigenvalue weighted by Gasteiger charge is -2.22. The van der Waals surface area contributed by atoms with Gasteiger partial charge in [-0.2, -0.15) is 5.26 Å². The molecule has 0 bridgehead atoms. The van der Waals surface area contributed by atoms with Gasteiger partial charge in [-0.15, -0.1) is 0 Å². The lowest BCUT2D eigenvalue weighted by Crippen LogP contribution is -2.34. The minimum absolute atomic E-state index is 0.0645. The van der Waals surface area contributed by atoms with Crippen LogP contribution in [0.2, 0.25) is 0 Å². The van der Waals surface area contributed by atoms with Crippen LogP contribution in [0.3, 0.4) is 0 Å². The Morgan fingerprint density at radius 1 is 1.44 bits per heavy atom. The Hall–Kier alpha value is -1.86. The number of rotatable bonds is 2. The molecule has 1 saturated heterocycles. The highest BCUT2D eigenvalue weighted by molar-refractivity contribution is 5.93. The second kappa shape index (κ2) is 5.65. The van der Waals surface area contributed by atoms with E-state index in [2.05, 4.69) is 16.7 Å². The van der Waals surface area contributed by atoms with Gasteiger partial charge in [0, 0.05) is 11.6 Å². The van der Waals surface area contributed by atoms with E-state index < -0.39 is 0 Å². The van der Waals surface area contributed by atoms with Gasteiger partial charge < -0.3 is 10.6 Å². The number of amides is 1. The Morgan fingerprint density at radius 3 is 2.83 bits per heavy atom. The summed E-state index contributed by atoms with van der Waals surface area (Å²) in [5.41, 5.74) is 2.30. The van der Waals surface area contributed by atoms with Gasteiger partial charge in [-0.1, -0.05) is 6.07 Å². The van der Waals surface area contributed by atoms with Crippen LogP contribution in [0.15, 0.2) is 18.2 Å². The van der Waals surface area contributed by atoms with E-state index in [0.29, 0.717) is 5.56 Å². The molecule has 1 heterocycles. The van der Waals surface area contributed by atoms with Crippen LogP contribution < -0.4 is 10.6 Å². The predicted octanol–water partition coefficient (Wildman–Crippen LogP) is 1.80. The molecule has 0 spiro atoms. The van der Waals surface area contributed by atoms with Crippen molar-refractivity contribution in [3.05, 3.63) is 29.3 Å². The summed E-state index contributed by atoms with van der Waals surface area (Å²) in [6.07, 6.45) is 1.76. The van der Waals surface area contributed by atoms with Crippen molar-refractivity contribution < 1.29 is 4.79 Å². The zero-order chi connectivity index (χ0) is 13.0. The second-order valence-corrected chi connectivity index (χ2v) is 4.66. The topological polar surface area (TPSA) is 64.9 Å². The van der Waals surface area contributed by atoms with Crippen molar-refractivity contribution in [2.75, 3.05) is 18.4 Å². The molecule has 0 saturated carbocycles. The summed E-state index contributed by atoms with van der Waals surface area (Å²) >= 11 is 0. The zero-order valence-corrected chi connectivity index (χ0v) is 10.5. The Bertz CT molecular complexity index is 484. The molecule has 1 fully saturated rings. The minimum Gasteiger partial charge on any atom is -0.326 e. The quantitative estimate of drug-likeness (QED) is 0.832. The molecule has 4 heteroatoms. The van der Waals surface area contributed by atoms with Gasteiger partial charge in [-0.3, -0.25) is 4.79 Å². The van der Waals surface area contributed by atoms with Crippen LogP contribution in [0, 0.1) is 24.2 Å². The van der Waals surface area contributed by atoms with E-state index in [1.807, 2.05) is 13.0 Å². The standard InChI is InChI=1S/C14H17N3O/c1-10-2-3-11(9-15)8-13(10)17-14(18)12-4-6-16-7-5-12/h2-3,8,12,16H,4-7H2,1H3,(H,17,18). The number of benzene rings is 1. The van der Waals surface area contributed by atoms with Crippen molar-refractivity contribution in [3.8, 4) is 6.07 Å². The van der Waals surface area contributed by atoms with Gasteiger partial charge in [-0.25, -0.2) is 0 Å². The van der Waals surface area contributed by atoms with E-state index in [0.717, 1.165) is 37.2 Å². The van der Waals surface area contributed by atoms with E-state index in [-0.39, 0.29) is 11.8 Å². The molecule has 1 aliphatic heterocycles.